The van der Waals surface area contributed by atoms with Gasteiger partial charge in [0.25, 0.3) is 5.91 Å². The molecule has 2 atom stereocenters. The second-order valence-corrected chi connectivity index (χ2v) is 5.05. The van der Waals surface area contributed by atoms with E-state index in [1.165, 1.54) is 11.3 Å². The molecule has 3 nitrogen and oxygen atoms in total. The van der Waals surface area contributed by atoms with Crippen molar-refractivity contribution in [3.63, 3.8) is 0 Å². The van der Waals surface area contributed by atoms with E-state index < -0.39 is 0 Å². The van der Waals surface area contributed by atoms with Crippen LogP contribution in [0.15, 0.2) is 11.7 Å². The first-order chi connectivity index (χ1) is 7.24. The summed E-state index contributed by atoms with van der Waals surface area (Å²) in [5, 5.41) is 0. The van der Waals surface area contributed by atoms with E-state index in [4.69, 9.17) is 11.6 Å². The predicted molar refractivity (Wildman–Crippen MR) is 61.4 cm³/mol. The Balaban J connectivity index is 2.14. The molecule has 1 aromatic rings. The smallest absolute Gasteiger partial charge is 0.265 e. The lowest BCUT2D eigenvalue weighted by Crippen LogP contribution is -2.38. The highest BCUT2D eigenvalue weighted by Crippen LogP contribution is 2.27. The largest absolute Gasteiger partial charge is 0.333 e. The third-order valence-electron chi connectivity index (χ3n) is 2.94. The fraction of sp³-hybridized carbons (Fsp3) is 0.600. The van der Waals surface area contributed by atoms with Crippen molar-refractivity contribution in [2.45, 2.75) is 19.4 Å². The lowest BCUT2D eigenvalue weighted by atomic mass is 10.1. The van der Waals surface area contributed by atoms with Crippen LogP contribution in [-0.2, 0) is 0 Å². The zero-order valence-electron chi connectivity index (χ0n) is 8.52. The van der Waals surface area contributed by atoms with Crippen molar-refractivity contribution >= 4 is 28.8 Å². The summed E-state index contributed by atoms with van der Waals surface area (Å²) < 4.78 is 0. The van der Waals surface area contributed by atoms with E-state index in [1.807, 2.05) is 4.90 Å². The number of carbonyl (C=O) groups excluding carboxylic acids is 1. The fourth-order valence-corrected chi connectivity index (χ4v) is 3.00. The Morgan fingerprint density at radius 2 is 2.60 bits per heavy atom. The number of rotatable bonds is 2. The molecule has 0 bridgehead atoms. The summed E-state index contributed by atoms with van der Waals surface area (Å²) in [6.07, 6.45) is 2.67. The molecule has 0 saturated carbocycles. The van der Waals surface area contributed by atoms with E-state index in [-0.39, 0.29) is 11.9 Å². The predicted octanol–water partition coefficient (Wildman–Crippen LogP) is 2.23. The first-order valence-electron chi connectivity index (χ1n) is 4.99. The normalized spacial score (nSPS) is 25.9. The third-order valence-corrected chi connectivity index (χ3v) is 4.02. The first kappa shape index (κ1) is 10.9. The number of thiazole rings is 1. The number of likely N-dealkylation sites (tertiary alicyclic amines) is 1. The standard InChI is InChI=1S/C10H13ClN2OS/c1-7-2-3-13(8(7)4-11)10(14)9-5-12-6-15-9/h5-8H,2-4H2,1H3. The van der Waals surface area contributed by atoms with Crippen LogP contribution in [0.3, 0.4) is 0 Å². The molecule has 2 rings (SSSR count). The van der Waals surface area contributed by atoms with Gasteiger partial charge in [-0.2, -0.15) is 0 Å². The Morgan fingerprint density at radius 3 is 3.20 bits per heavy atom. The van der Waals surface area contributed by atoms with Crippen molar-refractivity contribution < 1.29 is 4.79 Å². The molecule has 0 radical (unpaired) electrons. The van der Waals surface area contributed by atoms with Crippen LogP contribution in [0.5, 0.6) is 0 Å². The topological polar surface area (TPSA) is 33.2 Å². The van der Waals surface area contributed by atoms with Crippen molar-refractivity contribution in [2.75, 3.05) is 12.4 Å². The van der Waals surface area contributed by atoms with Crippen LogP contribution in [0.4, 0.5) is 0 Å². The Morgan fingerprint density at radius 1 is 1.80 bits per heavy atom. The molecule has 5 heteroatoms. The number of carbonyl (C=O) groups is 1. The second kappa shape index (κ2) is 4.49. The van der Waals surface area contributed by atoms with E-state index >= 15 is 0 Å². The Kier molecular flexibility index (Phi) is 3.26. The molecule has 1 saturated heterocycles. The summed E-state index contributed by atoms with van der Waals surface area (Å²) in [6.45, 7) is 2.96. The number of amides is 1. The molecule has 1 fully saturated rings. The van der Waals surface area contributed by atoms with Crippen LogP contribution in [-0.4, -0.2) is 34.3 Å². The molecule has 0 aromatic carbocycles. The summed E-state index contributed by atoms with van der Waals surface area (Å²) >= 11 is 7.28. The van der Waals surface area contributed by atoms with E-state index in [1.54, 1.807) is 11.7 Å². The Hall–Kier alpha value is -0.610. The minimum Gasteiger partial charge on any atom is -0.333 e. The number of aromatic nitrogens is 1. The molecular weight excluding hydrogens is 232 g/mol. The lowest BCUT2D eigenvalue weighted by Gasteiger charge is -2.24. The first-order valence-corrected chi connectivity index (χ1v) is 6.41. The van der Waals surface area contributed by atoms with Crippen molar-refractivity contribution in [3.05, 3.63) is 16.6 Å². The molecule has 2 unspecified atom stereocenters. The van der Waals surface area contributed by atoms with Gasteiger partial charge in [-0.1, -0.05) is 6.92 Å². The monoisotopic (exact) mass is 244 g/mol. The van der Waals surface area contributed by atoms with E-state index in [0.29, 0.717) is 16.7 Å². The van der Waals surface area contributed by atoms with E-state index in [0.717, 1.165) is 13.0 Å². The van der Waals surface area contributed by atoms with E-state index in [9.17, 15) is 4.79 Å². The number of halogens is 1. The molecule has 2 heterocycles. The maximum Gasteiger partial charge on any atom is 0.265 e. The molecule has 1 aromatic heterocycles. The van der Waals surface area contributed by atoms with Gasteiger partial charge >= 0.3 is 0 Å². The van der Waals surface area contributed by atoms with Crippen molar-refractivity contribution in [1.29, 1.82) is 0 Å². The molecule has 0 spiro atoms. The quantitative estimate of drug-likeness (QED) is 0.748. The summed E-state index contributed by atoms with van der Waals surface area (Å²) in [6, 6.07) is 0.182. The third kappa shape index (κ3) is 2.01. The lowest BCUT2D eigenvalue weighted by molar-refractivity contribution is 0.0741. The minimum atomic E-state index is 0.0764. The van der Waals surface area contributed by atoms with Crippen LogP contribution in [0, 0.1) is 5.92 Å². The van der Waals surface area contributed by atoms with Gasteiger partial charge in [0.2, 0.25) is 0 Å². The van der Waals surface area contributed by atoms with Crippen LogP contribution in [0.2, 0.25) is 0 Å². The number of hydrogen-bond acceptors (Lipinski definition) is 3. The van der Waals surface area contributed by atoms with Crippen molar-refractivity contribution in [2.24, 2.45) is 5.92 Å². The Bertz CT molecular complexity index is 341. The van der Waals surface area contributed by atoms with Crippen LogP contribution in [0.1, 0.15) is 23.0 Å². The maximum atomic E-state index is 12.1. The molecule has 0 aliphatic carbocycles. The highest BCUT2D eigenvalue weighted by Gasteiger charge is 2.34. The molecule has 82 valence electrons. The summed E-state index contributed by atoms with van der Waals surface area (Å²) in [5.41, 5.74) is 1.68. The SMILES string of the molecule is CC1CCN(C(=O)c2cncs2)C1CCl. The van der Waals surface area contributed by atoms with E-state index in [2.05, 4.69) is 11.9 Å². The van der Waals surface area contributed by atoms with Gasteiger partial charge in [-0.3, -0.25) is 9.78 Å². The van der Waals surface area contributed by atoms with Gasteiger partial charge < -0.3 is 4.90 Å². The molecule has 1 aliphatic rings. The van der Waals surface area contributed by atoms with Gasteiger partial charge in [0.15, 0.2) is 0 Å². The van der Waals surface area contributed by atoms with Gasteiger partial charge in [0, 0.05) is 18.5 Å². The summed E-state index contributed by atoms with van der Waals surface area (Å²) in [4.78, 5) is 18.6. The second-order valence-electron chi connectivity index (χ2n) is 3.85. The van der Waals surface area contributed by atoms with Gasteiger partial charge in [-0.15, -0.1) is 22.9 Å². The number of alkyl halides is 1. The van der Waals surface area contributed by atoms with Crippen LogP contribution >= 0.6 is 22.9 Å². The summed E-state index contributed by atoms with van der Waals surface area (Å²) in [7, 11) is 0. The van der Waals surface area contributed by atoms with Crippen molar-refractivity contribution in [1.82, 2.24) is 9.88 Å². The molecule has 1 aliphatic heterocycles. The molecule has 0 N–H and O–H groups in total. The van der Waals surface area contributed by atoms with Crippen molar-refractivity contribution in [3.8, 4) is 0 Å². The fourth-order valence-electron chi connectivity index (χ4n) is 1.96. The van der Waals surface area contributed by atoms with Gasteiger partial charge in [0.05, 0.1) is 11.7 Å². The molecule has 1 amide bonds. The zero-order valence-corrected chi connectivity index (χ0v) is 10.1. The average Bonchev–Trinajstić information content (AvgIpc) is 2.85. The zero-order chi connectivity index (χ0) is 10.8. The number of hydrogen-bond donors (Lipinski definition) is 0. The van der Waals surface area contributed by atoms with Gasteiger partial charge in [-0.05, 0) is 12.3 Å². The molecular formula is C10H13ClN2OS. The van der Waals surface area contributed by atoms with Gasteiger partial charge in [0.1, 0.15) is 4.88 Å². The highest BCUT2D eigenvalue weighted by molar-refractivity contribution is 7.11. The average molecular weight is 245 g/mol. The highest BCUT2D eigenvalue weighted by atomic mass is 35.5. The molecule has 15 heavy (non-hydrogen) atoms. The minimum absolute atomic E-state index is 0.0764. The number of nitrogens with zero attached hydrogens (tertiary/aromatic N) is 2. The maximum absolute atomic E-state index is 12.1. The van der Waals surface area contributed by atoms with Crippen LogP contribution in [0.25, 0.3) is 0 Å². The van der Waals surface area contributed by atoms with Crippen LogP contribution < -0.4 is 0 Å². The van der Waals surface area contributed by atoms with Gasteiger partial charge in [-0.25, -0.2) is 0 Å². The summed E-state index contributed by atoms with van der Waals surface area (Å²) in [5.74, 6) is 1.10. The Labute approximate surface area is 98.1 Å².